The maximum absolute atomic E-state index is 14.1. The molecule has 0 unspecified atom stereocenters. The number of likely N-dealkylation sites (tertiary alicyclic amines) is 2. The summed E-state index contributed by atoms with van der Waals surface area (Å²) in [4.78, 5) is 25.9. The molecule has 0 spiro atoms. The lowest BCUT2D eigenvalue weighted by molar-refractivity contribution is -0.173. The number of nitrogens with zero attached hydrogens (tertiary/aromatic N) is 2. The van der Waals surface area contributed by atoms with Crippen molar-refractivity contribution in [2.45, 2.75) is 5.92 Å². The topological polar surface area (TPSA) is 64.7 Å². The molecule has 2 rings (SSSR count). The van der Waals surface area contributed by atoms with Crippen LogP contribution < -0.4 is 10.6 Å². The third kappa shape index (κ3) is 2.31. The number of hydrogen-bond acceptors (Lipinski definition) is 2. The lowest BCUT2D eigenvalue weighted by atomic mass is 9.80. The maximum atomic E-state index is 14.1. The minimum Gasteiger partial charge on any atom is -0.341 e. The number of amides is 4. The van der Waals surface area contributed by atoms with Gasteiger partial charge in [0.25, 0.3) is 5.92 Å². The number of alkyl halides is 2. The van der Waals surface area contributed by atoms with E-state index in [0.717, 1.165) is 0 Å². The Kier molecular flexibility index (Phi) is 3.51. The van der Waals surface area contributed by atoms with Gasteiger partial charge < -0.3 is 20.4 Å². The summed E-state index contributed by atoms with van der Waals surface area (Å²) in [5.74, 6) is -4.83. The molecular formula is C11H18F2N4O2. The Morgan fingerprint density at radius 2 is 1.26 bits per heavy atom. The van der Waals surface area contributed by atoms with E-state index in [9.17, 15) is 18.4 Å². The van der Waals surface area contributed by atoms with Crippen molar-refractivity contribution in [3.63, 3.8) is 0 Å². The van der Waals surface area contributed by atoms with Gasteiger partial charge >= 0.3 is 12.1 Å². The average molecular weight is 276 g/mol. The number of piperidine rings is 2. The molecule has 6 nitrogen and oxygen atoms in total. The maximum Gasteiger partial charge on any atom is 0.317 e. The van der Waals surface area contributed by atoms with Crippen LogP contribution >= 0.6 is 0 Å². The highest BCUT2D eigenvalue weighted by atomic mass is 19.3. The van der Waals surface area contributed by atoms with E-state index in [1.807, 2.05) is 0 Å². The molecule has 0 aromatic carbocycles. The van der Waals surface area contributed by atoms with Gasteiger partial charge in [-0.05, 0) is 0 Å². The van der Waals surface area contributed by atoms with Gasteiger partial charge in [0.1, 0.15) is 0 Å². The Bertz CT molecular complexity index is 345. The van der Waals surface area contributed by atoms with Crippen LogP contribution in [-0.4, -0.2) is 68.1 Å². The Labute approximate surface area is 110 Å². The molecule has 2 saturated heterocycles. The van der Waals surface area contributed by atoms with Crippen LogP contribution in [0.25, 0.3) is 0 Å². The molecule has 19 heavy (non-hydrogen) atoms. The Hall–Kier alpha value is -1.60. The number of carbonyl (C=O) groups excluding carboxylic acids is 2. The second-order valence-corrected chi connectivity index (χ2v) is 4.99. The van der Waals surface area contributed by atoms with E-state index in [1.54, 1.807) is 0 Å². The molecule has 0 aliphatic carbocycles. The fourth-order valence-corrected chi connectivity index (χ4v) is 2.80. The van der Waals surface area contributed by atoms with Gasteiger partial charge in [0.2, 0.25) is 0 Å². The smallest absolute Gasteiger partial charge is 0.317 e. The van der Waals surface area contributed by atoms with Crippen molar-refractivity contribution in [2.24, 2.45) is 11.8 Å². The molecule has 4 amide bonds. The molecule has 0 atom stereocenters. The van der Waals surface area contributed by atoms with E-state index in [2.05, 4.69) is 10.6 Å². The molecule has 2 fully saturated rings. The first kappa shape index (κ1) is 13.8. The molecule has 2 N–H and O–H groups in total. The van der Waals surface area contributed by atoms with E-state index < -0.39 is 17.8 Å². The third-order valence-corrected chi connectivity index (χ3v) is 3.85. The van der Waals surface area contributed by atoms with E-state index in [-0.39, 0.29) is 38.2 Å². The molecule has 0 aromatic rings. The highest BCUT2D eigenvalue weighted by molar-refractivity contribution is 5.75. The molecule has 2 aliphatic rings. The summed E-state index contributed by atoms with van der Waals surface area (Å²) in [6, 6.07) is -0.696. The first-order valence-corrected chi connectivity index (χ1v) is 6.21. The second-order valence-electron chi connectivity index (χ2n) is 4.99. The molecule has 2 bridgehead atoms. The average Bonchev–Trinajstić information content (AvgIpc) is 2.35. The minimum atomic E-state index is -2.82. The summed E-state index contributed by atoms with van der Waals surface area (Å²) < 4.78 is 28.2. The summed E-state index contributed by atoms with van der Waals surface area (Å²) in [5.41, 5.74) is 0. The number of urea groups is 2. The fraction of sp³-hybridized carbons (Fsp3) is 0.818. The number of nitrogens with one attached hydrogen (secondary N) is 2. The highest BCUT2D eigenvalue weighted by Gasteiger charge is 2.56. The van der Waals surface area contributed by atoms with E-state index in [1.165, 1.54) is 23.9 Å². The minimum absolute atomic E-state index is 0.0311. The zero-order valence-electron chi connectivity index (χ0n) is 10.9. The van der Waals surface area contributed by atoms with Crippen LogP contribution in [0.2, 0.25) is 0 Å². The van der Waals surface area contributed by atoms with Gasteiger partial charge in [0.05, 0.1) is 11.8 Å². The summed E-state index contributed by atoms with van der Waals surface area (Å²) in [5, 5.41) is 4.89. The number of fused-ring (bicyclic) bond motifs is 2. The molecule has 0 radical (unpaired) electrons. The van der Waals surface area contributed by atoms with Crippen molar-refractivity contribution in [1.82, 2.24) is 20.4 Å². The van der Waals surface area contributed by atoms with Crippen LogP contribution in [0.15, 0.2) is 0 Å². The third-order valence-electron chi connectivity index (χ3n) is 3.85. The highest BCUT2D eigenvalue weighted by Crippen LogP contribution is 2.42. The monoisotopic (exact) mass is 276 g/mol. The van der Waals surface area contributed by atoms with Crippen molar-refractivity contribution in [2.75, 3.05) is 40.3 Å². The first-order valence-electron chi connectivity index (χ1n) is 6.21. The lowest BCUT2D eigenvalue weighted by Gasteiger charge is -2.50. The van der Waals surface area contributed by atoms with Gasteiger partial charge in [-0.1, -0.05) is 0 Å². The quantitative estimate of drug-likeness (QED) is 0.662. The van der Waals surface area contributed by atoms with Crippen LogP contribution in [0.5, 0.6) is 0 Å². The standard InChI is InChI=1S/C11H18F2N4O2/c1-14-9(18)16-3-7-5-17(10(19)15-2)6-8(4-16)11(7,12)13/h7-8H,3-6H2,1-2H3,(H,14,18)(H,15,19). The number of halogens is 2. The van der Waals surface area contributed by atoms with Gasteiger partial charge in [-0.2, -0.15) is 0 Å². The predicted molar refractivity (Wildman–Crippen MR) is 64.0 cm³/mol. The van der Waals surface area contributed by atoms with Gasteiger partial charge in [0, 0.05) is 40.3 Å². The van der Waals surface area contributed by atoms with Crippen molar-refractivity contribution >= 4 is 12.1 Å². The van der Waals surface area contributed by atoms with Crippen LogP contribution in [0.3, 0.4) is 0 Å². The number of carbonyl (C=O) groups is 2. The Morgan fingerprint density at radius 1 is 0.947 bits per heavy atom. The van der Waals surface area contributed by atoms with Crippen molar-refractivity contribution in [3.05, 3.63) is 0 Å². The van der Waals surface area contributed by atoms with E-state index >= 15 is 0 Å². The molecule has 2 heterocycles. The first-order chi connectivity index (χ1) is 8.90. The summed E-state index contributed by atoms with van der Waals surface area (Å²) in [6.45, 7) is -0.124. The molecule has 0 saturated carbocycles. The molecule has 0 aromatic heterocycles. The zero-order valence-corrected chi connectivity index (χ0v) is 10.9. The lowest BCUT2D eigenvalue weighted by Crippen LogP contribution is -2.66. The Balaban J connectivity index is 2.15. The van der Waals surface area contributed by atoms with E-state index in [4.69, 9.17) is 0 Å². The van der Waals surface area contributed by atoms with Gasteiger partial charge in [-0.15, -0.1) is 0 Å². The SMILES string of the molecule is CNC(=O)N1CC2CN(C(=O)NC)CC(C1)C2(F)F. The molecule has 2 aliphatic heterocycles. The van der Waals surface area contributed by atoms with Crippen molar-refractivity contribution in [3.8, 4) is 0 Å². The number of rotatable bonds is 0. The zero-order chi connectivity index (χ0) is 14.2. The van der Waals surface area contributed by atoms with Crippen molar-refractivity contribution in [1.29, 1.82) is 0 Å². The van der Waals surface area contributed by atoms with Crippen LogP contribution in [-0.2, 0) is 0 Å². The van der Waals surface area contributed by atoms with Gasteiger partial charge in [0.15, 0.2) is 0 Å². The summed E-state index contributed by atoms with van der Waals surface area (Å²) in [6.07, 6.45) is 0. The Morgan fingerprint density at radius 3 is 1.53 bits per heavy atom. The van der Waals surface area contributed by atoms with Crippen LogP contribution in [0.4, 0.5) is 18.4 Å². The molecular weight excluding hydrogens is 258 g/mol. The van der Waals surface area contributed by atoms with Crippen LogP contribution in [0.1, 0.15) is 0 Å². The van der Waals surface area contributed by atoms with Gasteiger partial charge in [-0.3, -0.25) is 0 Å². The van der Waals surface area contributed by atoms with E-state index in [0.29, 0.717) is 0 Å². The summed E-state index contributed by atoms with van der Waals surface area (Å²) >= 11 is 0. The summed E-state index contributed by atoms with van der Waals surface area (Å²) in [7, 11) is 2.95. The van der Waals surface area contributed by atoms with Crippen molar-refractivity contribution < 1.29 is 18.4 Å². The number of hydrogen-bond donors (Lipinski definition) is 2. The largest absolute Gasteiger partial charge is 0.341 e. The second kappa shape index (κ2) is 4.82. The van der Waals surface area contributed by atoms with Gasteiger partial charge in [-0.25, -0.2) is 18.4 Å². The normalized spacial score (nSPS) is 28.8. The predicted octanol–water partition coefficient (Wildman–Crippen LogP) is 0.164. The fourth-order valence-electron chi connectivity index (χ4n) is 2.80. The van der Waals surface area contributed by atoms with Crippen LogP contribution in [0, 0.1) is 11.8 Å². The molecule has 108 valence electrons. The molecule has 8 heteroatoms.